The van der Waals surface area contributed by atoms with E-state index in [1.807, 2.05) is 38.1 Å². The van der Waals surface area contributed by atoms with E-state index in [0.717, 1.165) is 21.1 Å². The van der Waals surface area contributed by atoms with Crippen LogP contribution in [0.4, 0.5) is 5.69 Å². The van der Waals surface area contributed by atoms with Crippen molar-refractivity contribution in [3.05, 3.63) is 45.4 Å². The summed E-state index contributed by atoms with van der Waals surface area (Å²) in [4.78, 5) is 17.5. The highest BCUT2D eigenvalue weighted by Gasteiger charge is 2.15. The average molecular weight is 274 g/mol. The zero-order chi connectivity index (χ0) is 14.0. The summed E-state index contributed by atoms with van der Waals surface area (Å²) in [7, 11) is 0. The molecule has 0 atom stereocenters. The van der Waals surface area contributed by atoms with E-state index in [1.165, 1.54) is 0 Å². The smallest absolute Gasteiger partial charge is 0.275 e. The molecule has 0 bridgehead atoms. The second-order valence-electron chi connectivity index (χ2n) is 4.83. The molecule has 1 N–H and O–H groups in total. The maximum absolute atomic E-state index is 12.3. The van der Waals surface area contributed by atoms with E-state index >= 15 is 0 Å². The van der Waals surface area contributed by atoms with Gasteiger partial charge in [-0.25, -0.2) is 4.98 Å². The van der Waals surface area contributed by atoms with Gasteiger partial charge in [-0.05, 0) is 31.4 Å². The number of nitrogens with one attached hydrogen (secondary N) is 1. The van der Waals surface area contributed by atoms with Crippen molar-refractivity contribution in [2.45, 2.75) is 33.6 Å². The molecule has 1 heterocycles. The molecule has 0 aliphatic rings. The van der Waals surface area contributed by atoms with E-state index in [-0.39, 0.29) is 5.91 Å². The quantitative estimate of drug-likeness (QED) is 0.914. The van der Waals surface area contributed by atoms with Crippen LogP contribution in [0.3, 0.4) is 0 Å². The van der Waals surface area contributed by atoms with Crippen LogP contribution in [0.25, 0.3) is 0 Å². The lowest BCUT2D eigenvalue weighted by molar-refractivity contribution is 0.102. The number of benzene rings is 1. The number of hydrogen-bond donors (Lipinski definition) is 1. The second-order valence-corrected chi connectivity index (χ2v) is 6.24. The number of carbonyl (C=O) groups excluding carboxylic acids is 1. The molecule has 4 heteroatoms. The maximum Gasteiger partial charge on any atom is 0.275 e. The number of amides is 1. The lowest BCUT2D eigenvalue weighted by Gasteiger charge is -2.13. The van der Waals surface area contributed by atoms with Crippen molar-refractivity contribution < 1.29 is 4.79 Å². The molecule has 1 aromatic heterocycles. The molecule has 100 valence electrons. The van der Waals surface area contributed by atoms with Crippen LogP contribution in [0, 0.1) is 13.8 Å². The molecule has 1 amide bonds. The summed E-state index contributed by atoms with van der Waals surface area (Å²) in [5, 5.41) is 3.88. The Kier molecular flexibility index (Phi) is 4.00. The normalized spacial score (nSPS) is 10.8. The molecule has 2 rings (SSSR count). The first-order valence-electron chi connectivity index (χ1n) is 6.33. The zero-order valence-corrected chi connectivity index (χ0v) is 12.5. The highest BCUT2D eigenvalue weighted by Crippen LogP contribution is 2.25. The van der Waals surface area contributed by atoms with E-state index in [4.69, 9.17) is 0 Å². The van der Waals surface area contributed by atoms with Crippen LogP contribution in [0.2, 0.25) is 0 Å². The van der Waals surface area contributed by atoms with Crippen molar-refractivity contribution in [2.75, 3.05) is 5.32 Å². The summed E-state index contributed by atoms with van der Waals surface area (Å²) in [6.07, 6.45) is 0. The van der Waals surface area contributed by atoms with Gasteiger partial charge in [0, 0.05) is 10.6 Å². The van der Waals surface area contributed by atoms with Crippen molar-refractivity contribution in [1.29, 1.82) is 0 Å². The highest BCUT2D eigenvalue weighted by atomic mass is 32.1. The van der Waals surface area contributed by atoms with Gasteiger partial charge in [0.2, 0.25) is 0 Å². The first-order valence-corrected chi connectivity index (χ1v) is 7.15. The van der Waals surface area contributed by atoms with E-state index in [2.05, 4.69) is 24.1 Å². The third kappa shape index (κ3) is 3.01. The molecule has 19 heavy (non-hydrogen) atoms. The van der Waals surface area contributed by atoms with E-state index < -0.39 is 0 Å². The van der Waals surface area contributed by atoms with Gasteiger partial charge < -0.3 is 5.32 Å². The molecule has 0 aliphatic heterocycles. The molecular weight excluding hydrogens is 256 g/mol. The molecule has 0 saturated heterocycles. The lowest BCUT2D eigenvalue weighted by atomic mass is 10.0. The summed E-state index contributed by atoms with van der Waals surface area (Å²) >= 11 is 1.55. The fourth-order valence-electron chi connectivity index (χ4n) is 2.04. The third-order valence-electron chi connectivity index (χ3n) is 2.95. The molecule has 0 radical (unpaired) electrons. The fourth-order valence-corrected chi connectivity index (χ4v) is 2.85. The third-order valence-corrected chi connectivity index (χ3v) is 3.84. The molecular formula is C15H18N2OS. The number of thiazole rings is 1. The number of carbonyl (C=O) groups is 1. The summed E-state index contributed by atoms with van der Waals surface area (Å²) in [6.45, 7) is 8.07. The molecule has 0 unspecified atom stereocenters. The van der Waals surface area contributed by atoms with Gasteiger partial charge in [-0.3, -0.25) is 4.79 Å². The number of aromatic nitrogens is 1. The minimum Gasteiger partial charge on any atom is -0.320 e. The van der Waals surface area contributed by atoms with E-state index in [1.54, 1.807) is 11.3 Å². The Balaban J connectivity index is 2.27. The van der Waals surface area contributed by atoms with Gasteiger partial charge in [0.25, 0.3) is 5.91 Å². The Labute approximate surface area is 117 Å². The number of anilines is 1. The molecule has 2 aromatic rings. The summed E-state index contributed by atoms with van der Waals surface area (Å²) in [6, 6.07) is 7.89. The number of para-hydroxylation sites is 1. The highest BCUT2D eigenvalue weighted by molar-refractivity contribution is 7.11. The first kappa shape index (κ1) is 13.7. The van der Waals surface area contributed by atoms with Gasteiger partial charge in [-0.1, -0.05) is 32.0 Å². The topological polar surface area (TPSA) is 42.0 Å². The van der Waals surface area contributed by atoms with Gasteiger partial charge in [0.15, 0.2) is 0 Å². The van der Waals surface area contributed by atoms with Gasteiger partial charge >= 0.3 is 0 Å². The largest absolute Gasteiger partial charge is 0.320 e. The predicted octanol–water partition coefficient (Wildman–Crippen LogP) is 4.14. The molecule has 0 aliphatic carbocycles. The fraction of sp³-hybridized carbons (Fsp3) is 0.333. The van der Waals surface area contributed by atoms with Crippen LogP contribution in [-0.4, -0.2) is 10.9 Å². The monoisotopic (exact) mass is 274 g/mol. The zero-order valence-electron chi connectivity index (χ0n) is 11.7. The maximum atomic E-state index is 12.3. The molecule has 1 aromatic carbocycles. The van der Waals surface area contributed by atoms with Crippen molar-refractivity contribution >= 4 is 22.9 Å². The molecule has 0 saturated carbocycles. The molecule has 0 fully saturated rings. The standard InChI is InChI=1S/C15H18N2OS/c1-9(2)12-7-5-6-8-13(12)17-15(18)14-10(3)19-11(4)16-14/h5-9H,1-4H3,(H,17,18). The SMILES string of the molecule is Cc1nc(C(=O)Nc2ccccc2C(C)C)c(C)s1. The minimum absolute atomic E-state index is 0.130. The van der Waals surface area contributed by atoms with Crippen LogP contribution < -0.4 is 5.32 Å². The minimum atomic E-state index is -0.130. The second kappa shape index (κ2) is 5.53. The Morgan fingerprint density at radius 2 is 1.95 bits per heavy atom. The Morgan fingerprint density at radius 1 is 1.26 bits per heavy atom. The number of nitrogens with zero attached hydrogens (tertiary/aromatic N) is 1. The van der Waals surface area contributed by atoms with Crippen LogP contribution >= 0.6 is 11.3 Å². The van der Waals surface area contributed by atoms with Gasteiger partial charge in [-0.15, -0.1) is 11.3 Å². The van der Waals surface area contributed by atoms with E-state index in [0.29, 0.717) is 11.6 Å². The predicted molar refractivity (Wildman–Crippen MR) is 80.1 cm³/mol. The Morgan fingerprint density at radius 3 is 2.53 bits per heavy atom. The van der Waals surface area contributed by atoms with Crippen molar-refractivity contribution in [3.63, 3.8) is 0 Å². The van der Waals surface area contributed by atoms with E-state index in [9.17, 15) is 4.79 Å². The number of hydrogen-bond acceptors (Lipinski definition) is 3. The van der Waals surface area contributed by atoms with Crippen molar-refractivity contribution in [3.8, 4) is 0 Å². The van der Waals surface area contributed by atoms with Crippen LogP contribution in [0.5, 0.6) is 0 Å². The molecule has 3 nitrogen and oxygen atoms in total. The Hall–Kier alpha value is -1.68. The first-order chi connectivity index (χ1) is 8.99. The van der Waals surface area contributed by atoms with Gasteiger partial charge in [-0.2, -0.15) is 0 Å². The summed E-state index contributed by atoms with van der Waals surface area (Å²) < 4.78 is 0. The van der Waals surface area contributed by atoms with Crippen molar-refractivity contribution in [1.82, 2.24) is 4.98 Å². The summed E-state index contributed by atoms with van der Waals surface area (Å²) in [5.74, 6) is 0.240. The van der Waals surface area contributed by atoms with Crippen LogP contribution in [0.15, 0.2) is 24.3 Å². The number of rotatable bonds is 3. The Bertz CT molecular complexity index is 602. The van der Waals surface area contributed by atoms with Crippen molar-refractivity contribution in [2.24, 2.45) is 0 Å². The molecule has 0 spiro atoms. The van der Waals surface area contributed by atoms with Crippen LogP contribution in [0.1, 0.15) is 45.7 Å². The number of aryl methyl sites for hydroxylation is 2. The van der Waals surface area contributed by atoms with Crippen LogP contribution in [-0.2, 0) is 0 Å². The average Bonchev–Trinajstić information content (AvgIpc) is 2.69. The van der Waals surface area contributed by atoms with Gasteiger partial charge in [0.05, 0.1) is 5.01 Å². The summed E-state index contributed by atoms with van der Waals surface area (Å²) in [5.41, 5.74) is 2.54. The van der Waals surface area contributed by atoms with Gasteiger partial charge in [0.1, 0.15) is 5.69 Å². The lowest BCUT2D eigenvalue weighted by Crippen LogP contribution is -2.15.